The predicted octanol–water partition coefficient (Wildman–Crippen LogP) is 4.13. The molecule has 6 heteroatoms. The lowest BCUT2D eigenvalue weighted by Crippen LogP contribution is -2.23. The molecular weight excluding hydrogens is 354 g/mol. The fourth-order valence-electron chi connectivity index (χ4n) is 3.70. The predicted molar refractivity (Wildman–Crippen MR) is 108 cm³/mol. The molecule has 1 saturated heterocycles. The molecule has 6 nitrogen and oxygen atoms in total. The van der Waals surface area contributed by atoms with Crippen LogP contribution in [0.2, 0.25) is 0 Å². The van der Waals surface area contributed by atoms with E-state index in [1.807, 2.05) is 56.3 Å². The van der Waals surface area contributed by atoms with Gasteiger partial charge in [0.05, 0.1) is 18.4 Å². The van der Waals surface area contributed by atoms with Crippen molar-refractivity contribution in [3.8, 4) is 0 Å². The van der Waals surface area contributed by atoms with E-state index in [1.165, 1.54) is 0 Å². The maximum atomic E-state index is 12.9. The van der Waals surface area contributed by atoms with Crippen LogP contribution in [0.25, 0.3) is 0 Å². The highest BCUT2D eigenvalue weighted by atomic mass is 16.3. The van der Waals surface area contributed by atoms with Crippen LogP contribution in [-0.4, -0.2) is 22.9 Å². The van der Waals surface area contributed by atoms with E-state index in [4.69, 9.17) is 4.42 Å². The summed E-state index contributed by atoms with van der Waals surface area (Å²) in [5.41, 5.74) is 4.01. The van der Waals surface area contributed by atoms with Gasteiger partial charge in [0.15, 0.2) is 0 Å². The number of nitrogens with zero attached hydrogens (tertiary/aromatic N) is 2. The highest BCUT2D eigenvalue weighted by Gasteiger charge is 2.22. The van der Waals surface area contributed by atoms with Gasteiger partial charge in [0.25, 0.3) is 5.91 Å². The fraction of sp³-hybridized carbons (Fsp3) is 0.273. The van der Waals surface area contributed by atoms with Crippen molar-refractivity contribution >= 4 is 23.2 Å². The zero-order valence-corrected chi connectivity index (χ0v) is 16.1. The number of carbonyl (C=O) groups is 2. The first-order valence-electron chi connectivity index (χ1n) is 9.44. The quantitative estimate of drug-likeness (QED) is 0.727. The van der Waals surface area contributed by atoms with Crippen LogP contribution in [0.3, 0.4) is 0 Å². The number of furan rings is 1. The number of amides is 2. The molecule has 2 aromatic heterocycles. The molecule has 2 amide bonds. The molecule has 28 heavy (non-hydrogen) atoms. The van der Waals surface area contributed by atoms with Gasteiger partial charge in [-0.3, -0.25) is 9.59 Å². The summed E-state index contributed by atoms with van der Waals surface area (Å²) < 4.78 is 7.49. The molecular formula is C22H23N3O3. The van der Waals surface area contributed by atoms with Crippen LogP contribution < -0.4 is 10.2 Å². The maximum absolute atomic E-state index is 12.9. The molecule has 144 valence electrons. The average molecular weight is 377 g/mol. The van der Waals surface area contributed by atoms with Crippen molar-refractivity contribution in [3.05, 3.63) is 71.4 Å². The maximum Gasteiger partial charge on any atom is 0.257 e. The van der Waals surface area contributed by atoms with Gasteiger partial charge < -0.3 is 19.2 Å². The summed E-state index contributed by atoms with van der Waals surface area (Å²) >= 11 is 0. The number of aryl methyl sites for hydroxylation is 1. The van der Waals surface area contributed by atoms with Gasteiger partial charge in [0.1, 0.15) is 5.76 Å². The number of anilines is 2. The molecule has 0 saturated carbocycles. The molecule has 1 aliphatic heterocycles. The van der Waals surface area contributed by atoms with Crippen LogP contribution >= 0.6 is 0 Å². The molecule has 0 radical (unpaired) electrons. The van der Waals surface area contributed by atoms with E-state index in [1.54, 1.807) is 11.2 Å². The number of rotatable bonds is 5. The Labute approximate surface area is 163 Å². The summed E-state index contributed by atoms with van der Waals surface area (Å²) in [7, 11) is 0. The summed E-state index contributed by atoms with van der Waals surface area (Å²) in [6.07, 6.45) is 3.10. The van der Waals surface area contributed by atoms with E-state index < -0.39 is 0 Å². The van der Waals surface area contributed by atoms with Crippen LogP contribution in [0.5, 0.6) is 0 Å². The Hall–Kier alpha value is -3.28. The van der Waals surface area contributed by atoms with Crippen molar-refractivity contribution in [2.24, 2.45) is 0 Å². The Balaban J connectivity index is 1.53. The van der Waals surface area contributed by atoms with E-state index in [0.717, 1.165) is 35.8 Å². The first-order chi connectivity index (χ1) is 13.5. The fourth-order valence-corrected chi connectivity index (χ4v) is 3.70. The van der Waals surface area contributed by atoms with Crippen LogP contribution in [-0.2, 0) is 11.3 Å². The van der Waals surface area contributed by atoms with Crippen LogP contribution in [0.15, 0.2) is 53.1 Å². The van der Waals surface area contributed by atoms with Crippen molar-refractivity contribution in [2.75, 3.05) is 16.8 Å². The first kappa shape index (κ1) is 18.1. The lowest BCUT2D eigenvalue weighted by atomic mass is 10.2. The van der Waals surface area contributed by atoms with Crippen molar-refractivity contribution in [1.82, 2.24) is 4.57 Å². The van der Waals surface area contributed by atoms with E-state index in [-0.39, 0.29) is 11.8 Å². The van der Waals surface area contributed by atoms with Gasteiger partial charge in [-0.1, -0.05) is 6.07 Å². The van der Waals surface area contributed by atoms with Gasteiger partial charge in [0.2, 0.25) is 5.91 Å². The third kappa shape index (κ3) is 3.45. The van der Waals surface area contributed by atoms with Crippen molar-refractivity contribution < 1.29 is 14.0 Å². The summed E-state index contributed by atoms with van der Waals surface area (Å²) in [6, 6.07) is 13.1. The van der Waals surface area contributed by atoms with Gasteiger partial charge in [0, 0.05) is 35.7 Å². The summed E-state index contributed by atoms with van der Waals surface area (Å²) in [5.74, 6) is 0.811. The second kappa shape index (κ2) is 7.38. The number of hydrogen-bond donors (Lipinski definition) is 1. The number of benzene rings is 1. The first-order valence-corrected chi connectivity index (χ1v) is 9.44. The zero-order chi connectivity index (χ0) is 19.7. The topological polar surface area (TPSA) is 67.5 Å². The normalized spacial score (nSPS) is 13.9. The van der Waals surface area contributed by atoms with Crippen molar-refractivity contribution in [3.63, 3.8) is 0 Å². The second-order valence-corrected chi connectivity index (χ2v) is 7.10. The molecule has 1 aromatic carbocycles. The third-order valence-electron chi connectivity index (χ3n) is 5.20. The lowest BCUT2D eigenvalue weighted by molar-refractivity contribution is -0.117. The SMILES string of the molecule is Cc1cc(C(=O)Nc2cccc(N3CCCC3=O)c2)c(C)n1Cc1ccco1. The summed E-state index contributed by atoms with van der Waals surface area (Å²) in [5, 5.41) is 2.96. The number of aromatic nitrogens is 1. The van der Waals surface area contributed by atoms with Crippen LogP contribution in [0, 0.1) is 13.8 Å². The monoisotopic (exact) mass is 377 g/mol. The van der Waals surface area contributed by atoms with Crippen LogP contribution in [0.4, 0.5) is 11.4 Å². The van der Waals surface area contributed by atoms with Gasteiger partial charge in [-0.2, -0.15) is 0 Å². The largest absolute Gasteiger partial charge is 0.467 e. The molecule has 0 bridgehead atoms. The van der Waals surface area contributed by atoms with Gasteiger partial charge in [-0.05, 0) is 56.7 Å². The van der Waals surface area contributed by atoms with Gasteiger partial charge in [-0.25, -0.2) is 0 Å². The van der Waals surface area contributed by atoms with Crippen LogP contribution in [0.1, 0.15) is 40.3 Å². The molecule has 1 aliphatic rings. The minimum absolute atomic E-state index is 0.130. The number of hydrogen-bond acceptors (Lipinski definition) is 3. The van der Waals surface area contributed by atoms with E-state index >= 15 is 0 Å². The van der Waals surface area contributed by atoms with Gasteiger partial charge >= 0.3 is 0 Å². The summed E-state index contributed by atoms with van der Waals surface area (Å²) in [4.78, 5) is 26.6. The van der Waals surface area contributed by atoms with Gasteiger partial charge in [-0.15, -0.1) is 0 Å². The minimum Gasteiger partial charge on any atom is -0.467 e. The Bertz CT molecular complexity index is 1020. The molecule has 3 aromatic rings. The molecule has 0 atom stereocenters. The Morgan fingerprint density at radius 3 is 2.75 bits per heavy atom. The van der Waals surface area contributed by atoms with Crippen molar-refractivity contribution in [2.45, 2.75) is 33.2 Å². The molecule has 0 aliphatic carbocycles. The third-order valence-corrected chi connectivity index (χ3v) is 5.20. The molecule has 3 heterocycles. The molecule has 0 spiro atoms. The molecule has 1 fully saturated rings. The molecule has 4 rings (SSSR count). The lowest BCUT2D eigenvalue weighted by Gasteiger charge is -2.16. The van der Waals surface area contributed by atoms with Crippen molar-refractivity contribution in [1.29, 1.82) is 0 Å². The Kier molecular flexibility index (Phi) is 4.77. The molecule has 1 N–H and O–H groups in total. The van der Waals surface area contributed by atoms with E-state index in [2.05, 4.69) is 9.88 Å². The standard InChI is InChI=1S/C22H23N3O3/c1-15-12-20(16(2)25(15)14-19-8-5-11-28-19)22(27)23-17-6-3-7-18(13-17)24-10-4-9-21(24)26/h3,5-8,11-13H,4,9-10,14H2,1-2H3,(H,23,27). The number of nitrogens with one attached hydrogen (secondary N) is 1. The Morgan fingerprint density at radius 1 is 1.18 bits per heavy atom. The number of carbonyl (C=O) groups excluding carboxylic acids is 2. The Morgan fingerprint density at radius 2 is 2.04 bits per heavy atom. The average Bonchev–Trinajstić information content (AvgIpc) is 3.40. The highest BCUT2D eigenvalue weighted by Crippen LogP contribution is 2.25. The highest BCUT2D eigenvalue weighted by molar-refractivity contribution is 6.06. The smallest absolute Gasteiger partial charge is 0.257 e. The minimum atomic E-state index is -0.163. The molecule has 0 unspecified atom stereocenters. The summed E-state index contributed by atoms with van der Waals surface area (Å²) in [6.45, 7) is 5.23. The second-order valence-electron chi connectivity index (χ2n) is 7.10. The van der Waals surface area contributed by atoms with E-state index in [9.17, 15) is 9.59 Å². The van der Waals surface area contributed by atoms with E-state index in [0.29, 0.717) is 24.2 Å². The zero-order valence-electron chi connectivity index (χ0n) is 16.1.